The summed E-state index contributed by atoms with van der Waals surface area (Å²) in [5.41, 5.74) is 3.41. The number of aldehydes is 1. The van der Waals surface area contributed by atoms with Gasteiger partial charge in [0.05, 0.1) is 0 Å². The number of thiazole rings is 1. The Labute approximate surface area is 126 Å². The summed E-state index contributed by atoms with van der Waals surface area (Å²) in [4.78, 5) is 19.3. The Hall–Kier alpha value is -2.14. The van der Waals surface area contributed by atoms with E-state index in [-0.39, 0.29) is 0 Å². The molecule has 0 amide bonds. The molecule has 0 bridgehead atoms. The lowest BCUT2D eigenvalue weighted by molar-refractivity contribution is 0.111. The van der Waals surface area contributed by atoms with Gasteiger partial charge in [-0.3, -0.25) is 9.20 Å². The van der Waals surface area contributed by atoms with Crippen LogP contribution < -0.4 is 4.90 Å². The van der Waals surface area contributed by atoms with Crippen LogP contribution >= 0.6 is 11.3 Å². The van der Waals surface area contributed by atoms with Gasteiger partial charge in [-0.15, -0.1) is 11.3 Å². The van der Waals surface area contributed by atoms with Crippen LogP contribution in [0, 0.1) is 0 Å². The topological polar surface area (TPSA) is 37.6 Å². The highest BCUT2D eigenvalue weighted by molar-refractivity contribution is 7.15. The fourth-order valence-electron chi connectivity index (χ4n) is 3.02. The molecular formula is C16H15N3OS. The van der Waals surface area contributed by atoms with Gasteiger partial charge in [-0.1, -0.05) is 24.3 Å². The molecule has 0 N–H and O–H groups in total. The highest BCUT2D eigenvalue weighted by atomic mass is 32.1. The van der Waals surface area contributed by atoms with Gasteiger partial charge in [-0.25, -0.2) is 4.98 Å². The van der Waals surface area contributed by atoms with Gasteiger partial charge in [0.15, 0.2) is 17.1 Å². The second-order valence-corrected chi connectivity index (χ2v) is 6.16. The number of benzene rings is 1. The third kappa shape index (κ3) is 2.05. The summed E-state index contributed by atoms with van der Waals surface area (Å²) in [6.07, 6.45) is 5.00. The minimum absolute atomic E-state index is 0.658. The summed E-state index contributed by atoms with van der Waals surface area (Å²) in [5, 5.41) is 1.96. The minimum Gasteiger partial charge on any atom is -0.350 e. The maximum Gasteiger partial charge on any atom is 0.196 e. The number of aryl methyl sites for hydroxylation is 1. The molecule has 4 rings (SSSR count). The third-order valence-electron chi connectivity index (χ3n) is 4.04. The SMILES string of the molecule is O=Cc1c(N2CCCc3ccccc3C2)nc2sccn12. The summed E-state index contributed by atoms with van der Waals surface area (Å²) in [7, 11) is 0. The van der Waals surface area contributed by atoms with Crippen LogP contribution in [-0.4, -0.2) is 22.2 Å². The van der Waals surface area contributed by atoms with Crippen LogP contribution in [-0.2, 0) is 13.0 Å². The van der Waals surface area contributed by atoms with Gasteiger partial charge in [0.1, 0.15) is 5.69 Å². The Morgan fingerprint density at radius 1 is 1.24 bits per heavy atom. The van der Waals surface area contributed by atoms with Gasteiger partial charge in [0.2, 0.25) is 0 Å². The molecule has 3 aromatic rings. The summed E-state index contributed by atoms with van der Waals surface area (Å²) >= 11 is 1.56. The van der Waals surface area contributed by atoms with Crippen LogP contribution in [0.25, 0.3) is 4.96 Å². The monoisotopic (exact) mass is 297 g/mol. The lowest BCUT2D eigenvalue weighted by Crippen LogP contribution is -2.24. The minimum atomic E-state index is 0.658. The molecule has 0 saturated heterocycles. The van der Waals surface area contributed by atoms with Crippen molar-refractivity contribution in [2.24, 2.45) is 0 Å². The van der Waals surface area contributed by atoms with Crippen LogP contribution in [0.4, 0.5) is 5.82 Å². The van der Waals surface area contributed by atoms with Crippen LogP contribution in [0.15, 0.2) is 35.8 Å². The number of nitrogens with zero attached hydrogens (tertiary/aromatic N) is 3. The molecule has 5 heteroatoms. The molecule has 0 aliphatic carbocycles. The number of imidazole rings is 1. The molecule has 0 unspecified atom stereocenters. The first kappa shape index (κ1) is 12.6. The zero-order valence-corrected chi connectivity index (χ0v) is 12.3. The van der Waals surface area contributed by atoms with E-state index in [1.807, 2.05) is 16.0 Å². The first-order valence-electron chi connectivity index (χ1n) is 7.09. The maximum absolute atomic E-state index is 11.5. The molecule has 1 aliphatic rings. The summed E-state index contributed by atoms with van der Waals surface area (Å²) < 4.78 is 1.88. The van der Waals surface area contributed by atoms with Crippen LogP contribution in [0.1, 0.15) is 28.0 Å². The smallest absolute Gasteiger partial charge is 0.196 e. The van der Waals surface area contributed by atoms with E-state index in [9.17, 15) is 4.79 Å². The summed E-state index contributed by atoms with van der Waals surface area (Å²) in [5.74, 6) is 0.813. The molecule has 0 fully saturated rings. The van der Waals surface area contributed by atoms with E-state index in [4.69, 9.17) is 0 Å². The van der Waals surface area contributed by atoms with Crippen molar-refractivity contribution in [2.45, 2.75) is 19.4 Å². The Morgan fingerprint density at radius 3 is 2.95 bits per heavy atom. The zero-order chi connectivity index (χ0) is 14.2. The van der Waals surface area contributed by atoms with Crippen molar-refractivity contribution in [2.75, 3.05) is 11.4 Å². The van der Waals surface area contributed by atoms with Gasteiger partial charge < -0.3 is 4.90 Å². The van der Waals surface area contributed by atoms with Gasteiger partial charge in [0.25, 0.3) is 0 Å². The van der Waals surface area contributed by atoms with E-state index in [0.29, 0.717) is 5.69 Å². The fraction of sp³-hybridized carbons (Fsp3) is 0.250. The van der Waals surface area contributed by atoms with Crippen LogP contribution in [0.3, 0.4) is 0 Å². The number of aromatic nitrogens is 2. The van der Waals surface area contributed by atoms with E-state index in [2.05, 4.69) is 34.1 Å². The molecule has 4 nitrogen and oxygen atoms in total. The Bertz CT molecular complexity index is 805. The van der Waals surface area contributed by atoms with Crippen molar-refractivity contribution in [3.05, 3.63) is 52.7 Å². The molecule has 21 heavy (non-hydrogen) atoms. The number of carbonyl (C=O) groups is 1. The quantitative estimate of drug-likeness (QED) is 0.682. The Balaban J connectivity index is 1.78. The van der Waals surface area contributed by atoms with E-state index in [0.717, 1.165) is 43.0 Å². The van der Waals surface area contributed by atoms with Crippen molar-refractivity contribution in [1.82, 2.24) is 9.38 Å². The van der Waals surface area contributed by atoms with Gasteiger partial charge in [-0.2, -0.15) is 0 Å². The lowest BCUT2D eigenvalue weighted by Gasteiger charge is -2.21. The average Bonchev–Trinajstić information content (AvgIpc) is 3.01. The highest BCUT2D eigenvalue weighted by Crippen LogP contribution is 2.27. The van der Waals surface area contributed by atoms with Crippen molar-refractivity contribution < 1.29 is 4.79 Å². The molecule has 2 aromatic heterocycles. The zero-order valence-electron chi connectivity index (χ0n) is 11.5. The Kier molecular flexibility index (Phi) is 3.00. The second kappa shape index (κ2) is 5.00. The number of hydrogen-bond donors (Lipinski definition) is 0. The average molecular weight is 297 g/mol. The molecule has 0 saturated carbocycles. The standard InChI is InChI=1S/C16H15N3OS/c20-11-14-15(17-16-19(14)8-9-21-16)18-7-3-6-12-4-1-2-5-13(12)10-18/h1-2,4-5,8-9,11H,3,6-7,10H2. The third-order valence-corrected chi connectivity index (χ3v) is 4.80. The van der Waals surface area contributed by atoms with E-state index >= 15 is 0 Å². The van der Waals surface area contributed by atoms with Gasteiger partial charge in [-0.05, 0) is 24.0 Å². The van der Waals surface area contributed by atoms with E-state index in [1.165, 1.54) is 11.1 Å². The molecular weight excluding hydrogens is 282 g/mol. The number of hydrogen-bond acceptors (Lipinski definition) is 4. The molecule has 1 aliphatic heterocycles. The first-order chi connectivity index (χ1) is 10.4. The second-order valence-electron chi connectivity index (χ2n) is 5.29. The number of fused-ring (bicyclic) bond motifs is 2. The van der Waals surface area contributed by atoms with E-state index in [1.54, 1.807) is 11.3 Å². The molecule has 0 spiro atoms. The number of rotatable bonds is 2. The first-order valence-corrected chi connectivity index (χ1v) is 7.97. The van der Waals surface area contributed by atoms with Crippen molar-refractivity contribution in [1.29, 1.82) is 0 Å². The lowest BCUT2D eigenvalue weighted by atomic mass is 10.0. The normalized spacial score (nSPS) is 15.0. The largest absolute Gasteiger partial charge is 0.350 e. The Morgan fingerprint density at radius 2 is 2.10 bits per heavy atom. The maximum atomic E-state index is 11.5. The predicted molar refractivity (Wildman–Crippen MR) is 84.3 cm³/mol. The molecule has 0 radical (unpaired) electrons. The fourth-order valence-corrected chi connectivity index (χ4v) is 3.73. The number of anilines is 1. The predicted octanol–water partition coefficient (Wildman–Crippen LogP) is 3.16. The van der Waals surface area contributed by atoms with Gasteiger partial charge >= 0.3 is 0 Å². The van der Waals surface area contributed by atoms with Crippen molar-refractivity contribution in [3.63, 3.8) is 0 Å². The van der Waals surface area contributed by atoms with Gasteiger partial charge in [0, 0.05) is 24.7 Å². The van der Waals surface area contributed by atoms with Crippen molar-refractivity contribution >= 4 is 28.4 Å². The molecule has 106 valence electrons. The van der Waals surface area contributed by atoms with Crippen LogP contribution in [0.2, 0.25) is 0 Å². The van der Waals surface area contributed by atoms with Crippen molar-refractivity contribution in [3.8, 4) is 0 Å². The highest BCUT2D eigenvalue weighted by Gasteiger charge is 2.21. The summed E-state index contributed by atoms with van der Waals surface area (Å²) in [6, 6.07) is 8.55. The summed E-state index contributed by atoms with van der Waals surface area (Å²) in [6.45, 7) is 1.75. The number of carbonyl (C=O) groups excluding carboxylic acids is 1. The molecule has 3 heterocycles. The van der Waals surface area contributed by atoms with Crippen LogP contribution in [0.5, 0.6) is 0 Å². The van der Waals surface area contributed by atoms with E-state index < -0.39 is 0 Å². The molecule has 0 atom stereocenters. The molecule has 1 aromatic carbocycles.